The van der Waals surface area contributed by atoms with Gasteiger partial charge in [-0.05, 0) is 82.5 Å². The van der Waals surface area contributed by atoms with Crippen LogP contribution in [0.5, 0.6) is 11.5 Å². The van der Waals surface area contributed by atoms with Gasteiger partial charge in [-0.25, -0.2) is 9.46 Å². The van der Waals surface area contributed by atoms with Crippen LogP contribution in [0.2, 0.25) is 0 Å². The highest BCUT2D eigenvalue weighted by atomic mass is 31.2. The summed E-state index contributed by atoms with van der Waals surface area (Å²) < 4.78 is 42.1. The van der Waals surface area contributed by atoms with Crippen molar-refractivity contribution >= 4 is 8.53 Å². The molecule has 1 aliphatic heterocycles. The summed E-state index contributed by atoms with van der Waals surface area (Å²) in [6.45, 7) is 12.1. The fourth-order valence-corrected chi connectivity index (χ4v) is 8.70. The van der Waals surface area contributed by atoms with Gasteiger partial charge in [0.05, 0.1) is 39.9 Å². The van der Waals surface area contributed by atoms with Crippen LogP contribution in [0.25, 0.3) is 0 Å². The van der Waals surface area contributed by atoms with E-state index in [-0.39, 0.29) is 38.1 Å². The molecule has 0 saturated carbocycles. The molecule has 0 radical (unpaired) electrons. The van der Waals surface area contributed by atoms with E-state index >= 15 is 0 Å². The normalized spacial score (nSPS) is 19.3. The van der Waals surface area contributed by atoms with Gasteiger partial charge in [0.25, 0.3) is 14.1 Å². The van der Waals surface area contributed by atoms with Crippen LogP contribution in [0, 0.1) is 18.3 Å². The monoisotopic (exact) mass is 758 g/mol. The van der Waals surface area contributed by atoms with E-state index in [2.05, 4.69) is 43.4 Å². The van der Waals surface area contributed by atoms with E-state index in [0.717, 1.165) is 16.7 Å². The van der Waals surface area contributed by atoms with Crippen molar-refractivity contribution in [3.63, 3.8) is 0 Å². The molecule has 1 N–H and O–H groups in total. The molecule has 12 nitrogen and oxygen atoms in total. The fraction of sp³-hybridized carbons (Fsp3) is 0.439. The van der Waals surface area contributed by atoms with Gasteiger partial charge in [0.2, 0.25) is 0 Å². The molecule has 13 heteroatoms. The number of hydrogen-bond donors (Lipinski definition) is 1. The highest BCUT2D eigenvalue weighted by Crippen LogP contribution is 2.54. The number of methoxy groups -OCH3 is 2. The topological polar surface area (TPSA) is 137 Å². The average molecular weight is 759 g/mol. The number of aryl methyl sites for hydroxylation is 1. The third-order valence-electron chi connectivity index (χ3n) is 9.61. The minimum absolute atomic E-state index is 0.0156. The molecular formula is C41H51N4O8P. The van der Waals surface area contributed by atoms with E-state index in [4.69, 9.17) is 28.0 Å². The van der Waals surface area contributed by atoms with Gasteiger partial charge < -0.3 is 28.0 Å². The summed E-state index contributed by atoms with van der Waals surface area (Å²) in [4.78, 5) is 28.0. The molecule has 1 fully saturated rings. The lowest BCUT2D eigenvalue weighted by Gasteiger charge is -2.42. The predicted octanol–water partition coefficient (Wildman–Crippen LogP) is 7.21. The molecule has 0 amide bonds. The Bertz CT molecular complexity index is 1920. The van der Waals surface area contributed by atoms with Crippen LogP contribution in [0.3, 0.4) is 0 Å². The van der Waals surface area contributed by atoms with Crippen LogP contribution in [0.4, 0.5) is 0 Å². The summed E-state index contributed by atoms with van der Waals surface area (Å²) in [6.07, 6.45) is 0.401. The quantitative estimate of drug-likeness (QED) is 0.0668. The van der Waals surface area contributed by atoms with Crippen LogP contribution in [-0.4, -0.2) is 65.4 Å². The SMILES string of the molecule is COc1ccc(C(OC[C@H]2O[C@@H](n3cc(C)c(=O)[nH]c3=O)C[C@]2(C)OP(OCCC#N)N(C(C)C)C(C)C)(c2ccccc2)c2ccc(OC)cc2)cc1. The lowest BCUT2D eigenvalue weighted by atomic mass is 9.80. The van der Waals surface area contributed by atoms with Crippen molar-refractivity contribution in [3.05, 3.63) is 128 Å². The van der Waals surface area contributed by atoms with Crippen LogP contribution < -0.4 is 20.7 Å². The zero-order chi connectivity index (χ0) is 39.0. The molecule has 1 aliphatic rings. The molecule has 0 spiro atoms. The molecule has 0 aliphatic carbocycles. The average Bonchev–Trinajstić information content (AvgIpc) is 3.49. The first-order chi connectivity index (χ1) is 25.9. The number of benzene rings is 3. The van der Waals surface area contributed by atoms with E-state index in [0.29, 0.717) is 17.1 Å². The van der Waals surface area contributed by atoms with E-state index in [9.17, 15) is 14.9 Å². The second kappa shape index (κ2) is 17.9. The molecule has 1 aromatic heterocycles. The number of ether oxygens (including phenoxy) is 4. The smallest absolute Gasteiger partial charge is 0.330 e. The van der Waals surface area contributed by atoms with E-state index in [1.807, 2.05) is 85.8 Å². The summed E-state index contributed by atoms with van der Waals surface area (Å²) in [6, 6.07) is 27.8. The summed E-state index contributed by atoms with van der Waals surface area (Å²) in [5.41, 5.74) is -0.338. The van der Waals surface area contributed by atoms with Gasteiger partial charge >= 0.3 is 5.69 Å². The Morgan fingerprint density at radius 1 is 0.944 bits per heavy atom. The largest absolute Gasteiger partial charge is 0.497 e. The zero-order valence-corrected chi connectivity index (χ0v) is 33.2. The van der Waals surface area contributed by atoms with Gasteiger partial charge in [0.1, 0.15) is 35.0 Å². The number of aromatic amines is 1. The Labute approximate surface area is 318 Å². The molecule has 1 saturated heterocycles. The Morgan fingerprint density at radius 2 is 1.50 bits per heavy atom. The summed E-state index contributed by atoms with van der Waals surface area (Å²) >= 11 is 0. The first kappa shape index (κ1) is 40.8. The lowest BCUT2D eigenvalue weighted by molar-refractivity contribution is -0.111. The van der Waals surface area contributed by atoms with Crippen molar-refractivity contribution in [2.24, 2.45) is 0 Å². The summed E-state index contributed by atoms with van der Waals surface area (Å²) in [7, 11) is 1.54. The minimum Gasteiger partial charge on any atom is -0.497 e. The molecule has 288 valence electrons. The predicted molar refractivity (Wildman–Crippen MR) is 208 cm³/mol. The van der Waals surface area contributed by atoms with Crippen LogP contribution >= 0.6 is 8.53 Å². The van der Waals surface area contributed by atoms with Gasteiger partial charge in [-0.1, -0.05) is 54.6 Å². The minimum atomic E-state index is -1.72. The molecular weight excluding hydrogens is 707 g/mol. The highest BCUT2D eigenvalue weighted by molar-refractivity contribution is 7.44. The van der Waals surface area contributed by atoms with Crippen molar-refractivity contribution in [2.75, 3.05) is 27.4 Å². The number of aromatic nitrogens is 2. The first-order valence-electron chi connectivity index (χ1n) is 18.1. The van der Waals surface area contributed by atoms with Gasteiger partial charge in [0.15, 0.2) is 0 Å². The number of nitriles is 1. The van der Waals surface area contributed by atoms with E-state index < -0.39 is 43.3 Å². The van der Waals surface area contributed by atoms with Gasteiger partial charge in [-0.3, -0.25) is 14.3 Å². The standard InChI is InChI=1S/C41H51N4O8P/c1-28(2)45(29(3)4)54(51-24-12-23-42)53-40(6)25-37(44-26-30(5)38(46)43-39(44)47)52-36(40)27-50-41(31-13-10-9-11-14-31,32-15-19-34(48-7)20-16-32)33-17-21-35(49-8)22-18-33/h9-11,13-22,26,28-29,36-37H,12,24-25,27H2,1-8H3,(H,43,46,47)/t36-,37-,40+,54?/m1/s1. The van der Waals surface area contributed by atoms with E-state index in [1.54, 1.807) is 21.1 Å². The van der Waals surface area contributed by atoms with Crippen LogP contribution in [0.1, 0.15) is 75.9 Å². The maximum absolute atomic E-state index is 13.2. The van der Waals surface area contributed by atoms with Crippen molar-refractivity contribution in [2.45, 2.75) is 90.0 Å². The molecule has 54 heavy (non-hydrogen) atoms. The fourth-order valence-electron chi connectivity index (χ4n) is 6.87. The Morgan fingerprint density at radius 3 is 2.02 bits per heavy atom. The van der Waals surface area contributed by atoms with Crippen molar-refractivity contribution in [1.82, 2.24) is 14.2 Å². The van der Waals surface area contributed by atoms with Crippen LogP contribution in [-0.2, 0) is 24.1 Å². The second-order valence-corrected chi connectivity index (χ2v) is 15.4. The maximum atomic E-state index is 13.2. The second-order valence-electron chi connectivity index (χ2n) is 14.0. The van der Waals surface area contributed by atoms with Crippen molar-refractivity contribution < 1.29 is 28.0 Å². The Balaban J connectivity index is 1.64. The number of H-pyrrole nitrogens is 1. The molecule has 4 aromatic rings. The van der Waals surface area contributed by atoms with Crippen LogP contribution in [0.15, 0.2) is 94.6 Å². The summed E-state index contributed by atoms with van der Waals surface area (Å²) in [5.74, 6) is 1.40. The highest BCUT2D eigenvalue weighted by Gasteiger charge is 2.52. The van der Waals surface area contributed by atoms with E-state index in [1.165, 1.54) is 10.8 Å². The Hall–Kier alpha value is -4.34. The molecule has 5 rings (SSSR count). The Kier molecular flexibility index (Phi) is 13.5. The third kappa shape index (κ3) is 8.79. The molecule has 0 bridgehead atoms. The van der Waals surface area contributed by atoms with Gasteiger partial charge in [-0.15, -0.1) is 0 Å². The van der Waals surface area contributed by atoms with Crippen molar-refractivity contribution in [3.8, 4) is 17.6 Å². The lowest BCUT2D eigenvalue weighted by Crippen LogP contribution is -2.45. The number of nitrogens with zero attached hydrogens (tertiary/aromatic N) is 3. The molecule has 2 heterocycles. The number of hydrogen-bond acceptors (Lipinski definition) is 10. The van der Waals surface area contributed by atoms with Gasteiger partial charge in [-0.2, -0.15) is 5.26 Å². The third-order valence-corrected chi connectivity index (χ3v) is 11.9. The number of rotatable bonds is 17. The first-order valence-corrected chi connectivity index (χ1v) is 19.2. The van der Waals surface area contributed by atoms with Crippen molar-refractivity contribution in [1.29, 1.82) is 5.26 Å². The summed E-state index contributed by atoms with van der Waals surface area (Å²) in [5, 5.41) is 9.34. The molecule has 1 unspecified atom stereocenters. The molecule has 3 aromatic carbocycles. The maximum Gasteiger partial charge on any atom is 0.330 e. The van der Waals surface area contributed by atoms with Gasteiger partial charge in [0, 0.05) is 30.3 Å². The molecule has 4 atom stereocenters. The number of nitrogens with one attached hydrogen (secondary N) is 1. The zero-order valence-electron chi connectivity index (χ0n) is 32.3.